The smallest absolute Gasteiger partial charge is 0.307 e. The molecular weight excluding hydrogens is 501 g/mol. The molecule has 3 atom stereocenters. The minimum Gasteiger partial charge on any atom is -0.486 e. The maximum Gasteiger partial charge on any atom is 0.307 e. The largest absolute Gasteiger partial charge is 0.486 e. The van der Waals surface area contributed by atoms with Crippen molar-refractivity contribution < 1.29 is 19.0 Å². The van der Waals surface area contributed by atoms with Crippen molar-refractivity contribution in [3.8, 4) is 17.0 Å². The topological polar surface area (TPSA) is 59.4 Å². The first-order valence-corrected chi connectivity index (χ1v) is 13.9. The number of nitrogens with zero attached hydrogens (tertiary/aromatic N) is 1. The molecule has 1 N–H and O–H groups in total. The molecule has 1 heterocycles. The van der Waals surface area contributed by atoms with Crippen LogP contribution in [0, 0.1) is 24.1 Å². The monoisotopic (exact) mass is 533 g/mol. The van der Waals surface area contributed by atoms with Gasteiger partial charge in [-0.1, -0.05) is 56.1 Å². The number of hydrogen-bond acceptors (Lipinski definition) is 3. The molecule has 2 fully saturated rings. The Labute approximate surface area is 228 Å². The first-order chi connectivity index (χ1) is 18.1. The zero-order chi connectivity index (χ0) is 26.8. The molecule has 0 bridgehead atoms. The van der Waals surface area contributed by atoms with Crippen LogP contribution in [0.4, 0.5) is 4.39 Å². The summed E-state index contributed by atoms with van der Waals surface area (Å²) in [6.45, 7) is 6.83. The second kappa shape index (κ2) is 9.08. The zero-order valence-corrected chi connectivity index (χ0v) is 22.9. The van der Waals surface area contributed by atoms with Crippen molar-refractivity contribution in [3.05, 3.63) is 81.3 Å². The van der Waals surface area contributed by atoms with Crippen LogP contribution in [0.5, 0.6) is 5.75 Å². The van der Waals surface area contributed by atoms with E-state index in [4.69, 9.17) is 21.3 Å². The van der Waals surface area contributed by atoms with Crippen LogP contribution < -0.4 is 4.74 Å². The van der Waals surface area contributed by atoms with Crippen molar-refractivity contribution in [2.24, 2.45) is 11.3 Å². The number of rotatable bonds is 6. The maximum absolute atomic E-state index is 15.7. The lowest BCUT2D eigenvalue weighted by molar-refractivity contribution is -0.139. The molecule has 2 saturated carbocycles. The van der Waals surface area contributed by atoms with E-state index in [-0.39, 0.29) is 17.8 Å². The molecule has 0 radical (unpaired) electrons. The molecule has 3 aliphatic carbocycles. The van der Waals surface area contributed by atoms with Gasteiger partial charge in [-0.2, -0.15) is 0 Å². The molecular formula is C32H33ClFNO3. The third-order valence-electron chi connectivity index (χ3n) is 9.29. The van der Waals surface area contributed by atoms with E-state index in [1.165, 1.54) is 12.0 Å². The maximum atomic E-state index is 15.7. The van der Waals surface area contributed by atoms with Crippen molar-refractivity contribution in [2.75, 3.05) is 0 Å². The Bertz CT molecular complexity index is 1450. The van der Waals surface area contributed by atoms with E-state index in [1.807, 2.05) is 31.2 Å². The van der Waals surface area contributed by atoms with Crippen LogP contribution in [0.2, 0.25) is 5.02 Å². The number of halogens is 2. The summed E-state index contributed by atoms with van der Waals surface area (Å²) in [7, 11) is 0. The van der Waals surface area contributed by atoms with E-state index in [9.17, 15) is 9.90 Å². The second-order valence-electron chi connectivity index (χ2n) is 12.1. The van der Waals surface area contributed by atoms with Gasteiger partial charge in [-0.3, -0.25) is 9.78 Å². The number of hydrogen-bond donors (Lipinski definition) is 1. The highest BCUT2D eigenvalue weighted by Gasteiger charge is 2.63. The molecule has 4 nitrogen and oxygen atoms in total. The average Bonchev–Trinajstić information content (AvgIpc) is 3.33. The molecule has 0 aliphatic heterocycles. The highest BCUT2D eigenvalue weighted by molar-refractivity contribution is 6.33. The van der Waals surface area contributed by atoms with E-state index in [0.29, 0.717) is 35.8 Å². The Hall–Kier alpha value is -2.92. The lowest BCUT2D eigenvalue weighted by atomic mass is 9.75. The van der Waals surface area contributed by atoms with E-state index in [2.05, 4.69) is 26.0 Å². The predicted molar refractivity (Wildman–Crippen MR) is 146 cm³/mol. The van der Waals surface area contributed by atoms with Gasteiger partial charge in [0.1, 0.15) is 6.61 Å². The van der Waals surface area contributed by atoms with Crippen LogP contribution >= 0.6 is 11.6 Å². The van der Waals surface area contributed by atoms with Gasteiger partial charge in [0.25, 0.3) is 0 Å². The summed E-state index contributed by atoms with van der Waals surface area (Å²) in [6.07, 6.45) is 5.34. The fraction of sp³-hybridized carbons (Fsp3) is 0.438. The lowest BCUT2D eigenvalue weighted by Gasteiger charge is -2.29. The van der Waals surface area contributed by atoms with Gasteiger partial charge in [0, 0.05) is 22.2 Å². The standard InChI is InChI=1S/C32H33ClFNO3/c1-18-6-10-25(33)29(35-18)21-9-7-19(15-22(21)23-5-4-13-31(23,2)3)17-38-26-11-8-20-12-14-32(27(20)28(26)34)16-24(32)30(36)37/h6-11,15,23-24H,4-5,12-14,16-17H2,1-3H3,(H,36,37)/t23-,24-,32+/m0/s1. The Morgan fingerprint density at radius 2 is 2.00 bits per heavy atom. The first-order valence-electron chi connectivity index (χ1n) is 13.5. The van der Waals surface area contributed by atoms with E-state index in [0.717, 1.165) is 40.9 Å². The number of pyridine rings is 1. The molecule has 38 heavy (non-hydrogen) atoms. The number of carbonyl (C=O) groups is 1. The van der Waals surface area contributed by atoms with Crippen molar-refractivity contribution in [3.63, 3.8) is 0 Å². The molecule has 0 amide bonds. The van der Waals surface area contributed by atoms with Gasteiger partial charge in [-0.25, -0.2) is 4.39 Å². The molecule has 198 valence electrons. The van der Waals surface area contributed by atoms with E-state index < -0.39 is 23.1 Å². The van der Waals surface area contributed by atoms with Crippen molar-refractivity contribution >= 4 is 17.6 Å². The molecule has 3 aliphatic rings. The number of carboxylic acids is 1. The highest BCUT2D eigenvalue weighted by Crippen LogP contribution is 2.62. The van der Waals surface area contributed by atoms with Gasteiger partial charge < -0.3 is 9.84 Å². The fourth-order valence-electron chi connectivity index (χ4n) is 7.12. The summed E-state index contributed by atoms with van der Waals surface area (Å²) in [4.78, 5) is 16.4. The van der Waals surface area contributed by atoms with Crippen LogP contribution in [-0.2, 0) is 23.2 Å². The lowest BCUT2D eigenvalue weighted by Crippen LogP contribution is -2.17. The van der Waals surface area contributed by atoms with Gasteiger partial charge >= 0.3 is 5.97 Å². The number of benzene rings is 2. The normalized spacial score (nSPS) is 25.0. The molecule has 1 spiro atoms. The number of aliphatic carboxylic acids is 1. The molecule has 0 unspecified atom stereocenters. The molecule has 3 aromatic rings. The van der Waals surface area contributed by atoms with Crippen molar-refractivity contribution in [1.29, 1.82) is 0 Å². The van der Waals surface area contributed by atoms with Crippen LogP contribution in [0.1, 0.15) is 79.8 Å². The quantitative estimate of drug-likeness (QED) is 0.348. The number of aromatic nitrogens is 1. The van der Waals surface area contributed by atoms with Crippen LogP contribution in [-0.4, -0.2) is 16.1 Å². The minimum atomic E-state index is -0.839. The minimum absolute atomic E-state index is 0.149. The van der Waals surface area contributed by atoms with Gasteiger partial charge in [0.05, 0.1) is 16.6 Å². The summed E-state index contributed by atoms with van der Waals surface area (Å²) in [5.74, 6) is -1.19. The third kappa shape index (κ3) is 4.10. The van der Waals surface area contributed by atoms with Crippen molar-refractivity contribution in [1.82, 2.24) is 4.98 Å². The average molecular weight is 534 g/mol. The zero-order valence-electron chi connectivity index (χ0n) is 22.1. The number of aryl methyl sites for hydroxylation is 2. The molecule has 6 rings (SSSR count). The van der Waals surface area contributed by atoms with Crippen molar-refractivity contribution in [2.45, 2.75) is 77.2 Å². The Kier molecular flexibility index (Phi) is 6.06. The number of fused-ring (bicyclic) bond motifs is 2. The summed E-state index contributed by atoms with van der Waals surface area (Å²) >= 11 is 6.62. The van der Waals surface area contributed by atoms with Gasteiger partial charge in [-0.05, 0) is 85.3 Å². The first kappa shape index (κ1) is 25.4. The second-order valence-corrected chi connectivity index (χ2v) is 12.5. The number of carboxylic acid groups (broad SMARTS) is 1. The van der Waals surface area contributed by atoms with Crippen LogP contribution in [0.25, 0.3) is 11.3 Å². The summed E-state index contributed by atoms with van der Waals surface area (Å²) in [6, 6.07) is 13.7. The SMILES string of the molecule is Cc1ccc(Cl)c(-c2ccc(COc3ccc4c(c3F)[C@]3(CC4)C[C@H]3C(=O)O)cc2[C@@H]2CCCC2(C)C)n1. The summed E-state index contributed by atoms with van der Waals surface area (Å²) in [5, 5.41) is 10.2. The number of ether oxygens (including phenoxy) is 1. The summed E-state index contributed by atoms with van der Waals surface area (Å²) < 4.78 is 21.8. The van der Waals surface area contributed by atoms with E-state index >= 15 is 4.39 Å². The predicted octanol–water partition coefficient (Wildman–Crippen LogP) is 8.01. The fourth-order valence-corrected chi connectivity index (χ4v) is 7.33. The molecule has 2 aromatic carbocycles. The molecule has 1 aromatic heterocycles. The van der Waals surface area contributed by atoms with Gasteiger partial charge in [0.2, 0.25) is 0 Å². The highest BCUT2D eigenvalue weighted by atomic mass is 35.5. The Balaban J connectivity index is 1.32. The summed E-state index contributed by atoms with van der Waals surface area (Å²) in [5.41, 5.74) is 5.99. The van der Waals surface area contributed by atoms with Gasteiger partial charge in [-0.15, -0.1) is 0 Å². The molecule has 6 heteroatoms. The van der Waals surface area contributed by atoms with Crippen LogP contribution in [0.3, 0.4) is 0 Å². The Morgan fingerprint density at radius 1 is 1.18 bits per heavy atom. The van der Waals surface area contributed by atoms with E-state index in [1.54, 1.807) is 6.07 Å². The molecule has 0 saturated heterocycles. The third-order valence-corrected chi connectivity index (χ3v) is 9.59. The van der Waals surface area contributed by atoms with Crippen LogP contribution in [0.15, 0.2) is 42.5 Å². The van der Waals surface area contributed by atoms with Gasteiger partial charge in [0.15, 0.2) is 11.6 Å². The Morgan fingerprint density at radius 3 is 2.71 bits per heavy atom.